The smallest absolute Gasteiger partial charge is 0.253 e. The molecule has 0 saturated carbocycles. The summed E-state index contributed by atoms with van der Waals surface area (Å²) in [5.74, 6) is 0.642. The number of hydrogen-bond acceptors (Lipinski definition) is 2. The summed E-state index contributed by atoms with van der Waals surface area (Å²) in [5, 5.41) is 0. The van der Waals surface area contributed by atoms with Crippen LogP contribution >= 0.6 is 0 Å². The molecule has 1 fully saturated rings. The molecular formula is C17H24N2O2. The molecule has 0 radical (unpaired) electrons. The van der Waals surface area contributed by atoms with Gasteiger partial charge >= 0.3 is 0 Å². The Labute approximate surface area is 126 Å². The number of rotatable bonds is 3. The van der Waals surface area contributed by atoms with Crippen LogP contribution in [0.5, 0.6) is 0 Å². The van der Waals surface area contributed by atoms with E-state index in [4.69, 9.17) is 0 Å². The lowest BCUT2D eigenvalue weighted by Crippen LogP contribution is -2.50. The molecule has 1 aliphatic rings. The lowest BCUT2D eigenvalue weighted by molar-refractivity contribution is -0.133. The zero-order valence-corrected chi connectivity index (χ0v) is 13.1. The van der Waals surface area contributed by atoms with E-state index in [1.807, 2.05) is 41.0 Å². The molecule has 0 N–H and O–H groups in total. The Morgan fingerprint density at radius 3 is 2.05 bits per heavy atom. The van der Waals surface area contributed by atoms with E-state index in [0.717, 1.165) is 11.1 Å². The van der Waals surface area contributed by atoms with E-state index in [2.05, 4.69) is 13.8 Å². The van der Waals surface area contributed by atoms with Gasteiger partial charge in [-0.15, -0.1) is 0 Å². The molecule has 114 valence electrons. The van der Waals surface area contributed by atoms with E-state index in [1.165, 1.54) is 0 Å². The van der Waals surface area contributed by atoms with Gasteiger partial charge in [0.25, 0.3) is 5.91 Å². The molecule has 2 rings (SSSR count). The highest BCUT2D eigenvalue weighted by Crippen LogP contribution is 2.12. The van der Waals surface area contributed by atoms with Gasteiger partial charge in [-0.2, -0.15) is 0 Å². The summed E-state index contributed by atoms with van der Waals surface area (Å²) < 4.78 is 0. The van der Waals surface area contributed by atoms with Gasteiger partial charge in [0.1, 0.15) is 0 Å². The average molecular weight is 288 g/mol. The minimum Gasteiger partial charge on any atom is -0.339 e. The molecule has 4 heteroatoms. The summed E-state index contributed by atoms with van der Waals surface area (Å²) in [7, 11) is 0. The Morgan fingerprint density at radius 2 is 1.52 bits per heavy atom. The summed E-state index contributed by atoms with van der Waals surface area (Å²) in [6.07, 6.45) is 0.589. The first-order valence-electron chi connectivity index (χ1n) is 7.61. The van der Waals surface area contributed by atoms with Crippen LogP contribution in [0.4, 0.5) is 0 Å². The van der Waals surface area contributed by atoms with Crippen LogP contribution in [-0.2, 0) is 4.79 Å². The Morgan fingerprint density at radius 1 is 1.00 bits per heavy atom. The van der Waals surface area contributed by atoms with Crippen molar-refractivity contribution in [2.75, 3.05) is 26.2 Å². The van der Waals surface area contributed by atoms with Crippen LogP contribution in [0.15, 0.2) is 24.3 Å². The SMILES string of the molecule is Cc1ccc(C(=O)N2CCN(C(=O)CC(C)C)CC2)cc1. The number of piperazine rings is 1. The van der Waals surface area contributed by atoms with Crippen LogP contribution < -0.4 is 0 Å². The molecule has 1 heterocycles. The minimum atomic E-state index is 0.0611. The molecule has 4 nitrogen and oxygen atoms in total. The monoisotopic (exact) mass is 288 g/mol. The zero-order chi connectivity index (χ0) is 15.4. The summed E-state index contributed by atoms with van der Waals surface area (Å²) in [4.78, 5) is 28.1. The lowest BCUT2D eigenvalue weighted by atomic mass is 10.1. The number of nitrogens with zero attached hydrogens (tertiary/aromatic N) is 2. The van der Waals surface area contributed by atoms with Gasteiger partial charge in [-0.25, -0.2) is 0 Å². The fourth-order valence-electron chi connectivity index (χ4n) is 2.52. The summed E-state index contributed by atoms with van der Waals surface area (Å²) in [6.45, 7) is 8.64. The van der Waals surface area contributed by atoms with Gasteiger partial charge in [0.15, 0.2) is 0 Å². The Balaban J connectivity index is 1.90. The van der Waals surface area contributed by atoms with Crippen LogP contribution in [0, 0.1) is 12.8 Å². The largest absolute Gasteiger partial charge is 0.339 e. The number of aryl methyl sites for hydroxylation is 1. The molecule has 0 unspecified atom stereocenters. The second kappa shape index (κ2) is 6.74. The molecule has 1 aliphatic heterocycles. The third-order valence-corrected chi connectivity index (χ3v) is 3.80. The number of carbonyl (C=O) groups is 2. The maximum Gasteiger partial charge on any atom is 0.253 e. The first-order valence-corrected chi connectivity index (χ1v) is 7.61. The average Bonchev–Trinajstić information content (AvgIpc) is 2.47. The van der Waals surface area contributed by atoms with Crippen molar-refractivity contribution in [2.24, 2.45) is 5.92 Å². The first-order chi connectivity index (χ1) is 9.97. The fraction of sp³-hybridized carbons (Fsp3) is 0.529. The molecule has 0 aromatic heterocycles. The Hall–Kier alpha value is -1.84. The molecule has 2 amide bonds. The van der Waals surface area contributed by atoms with Gasteiger partial charge in [-0.05, 0) is 25.0 Å². The molecule has 1 aromatic carbocycles. The van der Waals surface area contributed by atoms with Crippen LogP contribution in [0.25, 0.3) is 0 Å². The van der Waals surface area contributed by atoms with E-state index in [1.54, 1.807) is 0 Å². The summed E-state index contributed by atoms with van der Waals surface area (Å²) >= 11 is 0. The fourth-order valence-corrected chi connectivity index (χ4v) is 2.52. The highest BCUT2D eigenvalue weighted by atomic mass is 16.2. The van der Waals surface area contributed by atoms with Crippen LogP contribution in [0.3, 0.4) is 0 Å². The van der Waals surface area contributed by atoms with Crippen molar-refractivity contribution < 1.29 is 9.59 Å². The standard InChI is InChI=1S/C17H24N2O2/c1-13(2)12-16(20)18-8-10-19(11-9-18)17(21)15-6-4-14(3)5-7-15/h4-7,13H,8-12H2,1-3H3. The van der Waals surface area contributed by atoms with E-state index in [0.29, 0.717) is 38.5 Å². The Kier molecular flexibility index (Phi) is 4.99. The predicted molar refractivity (Wildman–Crippen MR) is 83.1 cm³/mol. The summed E-state index contributed by atoms with van der Waals surface area (Å²) in [6, 6.07) is 7.65. The molecule has 21 heavy (non-hydrogen) atoms. The molecule has 0 bridgehead atoms. The van der Waals surface area contributed by atoms with E-state index in [9.17, 15) is 9.59 Å². The van der Waals surface area contributed by atoms with Crippen molar-refractivity contribution in [3.8, 4) is 0 Å². The van der Waals surface area contributed by atoms with E-state index in [-0.39, 0.29) is 11.8 Å². The van der Waals surface area contributed by atoms with Crippen LogP contribution in [0.2, 0.25) is 0 Å². The quantitative estimate of drug-likeness (QED) is 0.856. The van der Waals surface area contributed by atoms with Crippen molar-refractivity contribution in [1.29, 1.82) is 0 Å². The molecule has 1 saturated heterocycles. The van der Waals surface area contributed by atoms with Gasteiger partial charge < -0.3 is 9.80 Å². The second-order valence-corrected chi connectivity index (χ2v) is 6.14. The third kappa shape index (κ3) is 4.06. The van der Waals surface area contributed by atoms with Crippen LogP contribution in [-0.4, -0.2) is 47.8 Å². The lowest BCUT2D eigenvalue weighted by Gasteiger charge is -2.35. The van der Waals surface area contributed by atoms with Crippen LogP contribution in [0.1, 0.15) is 36.2 Å². The maximum atomic E-state index is 12.4. The van der Waals surface area contributed by atoms with E-state index < -0.39 is 0 Å². The molecule has 0 spiro atoms. The van der Waals surface area contributed by atoms with Gasteiger partial charge in [0, 0.05) is 38.2 Å². The van der Waals surface area contributed by atoms with Crippen molar-refractivity contribution in [3.63, 3.8) is 0 Å². The first kappa shape index (κ1) is 15.5. The molecule has 0 aliphatic carbocycles. The number of hydrogen-bond donors (Lipinski definition) is 0. The second-order valence-electron chi connectivity index (χ2n) is 6.14. The van der Waals surface area contributed by atoms with Gasteiger partial charge in [0.2, 0.25) is 5.91 Å². The van der Waals surface area contributed by atoms with Crippen molar-refractivity contribution >= 4 is 11.8 Å². The molecular weight excluding hydrogens is 264 g/mol. The zero-order valence-electron chi connectivity index (χ0n) is 13.1. The normalized spacial score (nSPS) is 15.4. The van der Waals surface area contributed by atoms with Crippen molar-refractivity contribution in [1.82, 2.24) is 9.80 Å². The van der Waals surface area contributed by atoms with Gasteiger partial charge in [0.05, 0.1) is 0 Å². The number of amides is 2. The number of benzene rings is 1. The third-order valence-electron chi connectivity index (χ3n) is 3.80. The number of carbonyl (C=O) groups excluding carboxylic acids is 2. The summed E-state index contributed by atoms with van der Waals surface area (Å²) in [5.41, 5.74) is 1.87. The topological polar surface area (TPSA) is 40.6 Å². The van der Waals surface area contributed by atoms with Crippen molar-refractivity contribution in [3.05, 3.63) is 35.4 Å². The van der Waals surface area contributed by atoms with E-state index >= 15 is 0 Å². The van der Waals surface area contributed by atoms with Gasteiger partial charge in [-0.1, -0.05) is 31.5 Å². The highest BCUT2D eigenvalue weighted by Gasteiger charge is 2.24. The highest BCUT2D eigenvalue weighted by molar-refractivity contribution is 5.94. The van der Waals surface area contributed by atoms with Gasteiger partial charge in [-0.3, -0.25) is 9.59 Å². The maximum absolute atomic E-state index is 12.4. The molecule has 1 aromatic rings. The predicted octanol–water partition coefficient (Wildman–Crippen LogP) is 2.33. The molecule has 0 atom stereocenters. The van der Waals surface area contributed by atoms with Crippen molar-refractivity contribution in [2.45, 2.75) is 27.2 Å². The minimum absolute atomic E-state index is 0.0611. The Bertz CT molecular complexity index is 500.